The minimum atomic E-state index is -1.17. The number of pyridine rings is 1. The number of ether oxygens (including phenoxy) is 2. The molecule has 28 heavy (non-hydrogen) atoms. The number of likely N-dealkylation sites (tertiary alicyclic amines) is 1. The van der Waals surface area contributed by atoms with Gasteiger partial charge in [0.2, 0.25) is 0 Å². The molecular formula is C21H26N2O5. The van der Waals surface area contributed by atoms with E-state index >= 15 is 0 Å². The number of amides is 1. The van der Waals surface area contributed by atoms with Crippen LogP contribution in [0.5, 0.6) is 5.75 Å². The quantitative estimate of drug-likeness (QED) is 0.817. The smallest absolute Gasteiger partial charge is 0.272 e. The Morgan fingerprint density at radius 3 is 2.71 bits per heavy atom. The molecule has 150 valence electrons. The van der Waals surface area contributed by atoms with Crippen molar-refractivity contribution < 1.29 is 24.5 Å². The van der Waals surface area contributed by atoms with Gasteiger partial charge < -0.3 is 24.6 Å². The van der Waals surface area contributed by atoms with E-state index in [0.29, 0.717) is 55.9 Å². The van der Waals surface area contributed by atoms with Gasteiger partial charge in [0.25, 0.3) is 5.91 Å². The Kier molecular flexibility index (Phi) is 4.77. The van der Waals surface area contributed by atoms with Crippen LogP contribution < -0.4 is 4.74 Å². The van der Waals surface area contributed by atoms with E-state index < -0.39 is 17.3 Å². The van der Waals surface area contributed by atoms with Crippen LogP contribution in [0.2, 0.25) is 0 Å². The summed E-state index contributed by atoms with van der Waals surface area (Å²) in [6.45, 7) is 2.91. The number of hydrogen-bond acceptors (Lipinski definition) is 6. The Morgan fingerprint density at radius 2 is 2.00 bits per heavy atom. The van der Waals surface area contributed by atoms with Gasteiger partial charge in [0, 0.05) is 31.0 Å². The van der Waals surface area contributed by atoms with Gasteiger partial charge in [0.1, 0.15) is 23.1 Å². The fraction of sp³-hybridized carbons (Fsp3) is 0.524. The minimum absolute atomic E-state index is 0.170. The van der Waals surface area contributed by atoms with E-state index in [0.717, 1.165) is 5.39 Å². The summed E-state index contributed by atoms with van der Waals surface area (Å²) in [4.78, 5) is 19.3. The van der Waals surface area contributed by atoms with Crippen molar-refractivity contribution in [3.8, 4) is 5.75 Å². The van der Waals surface area contributed by atoms with Gasteiger partial charge in [-0.05, 0) is 31.9 Å². The van der Waals surface area contributed by atoms with Gasteiger partial charge in [-0.1, -0.05) is 12.1 Å². The molecule has 4 rings (SSSR count). The Hall–Kier alpha value is -2.22. The molecule has 2 fully saturated rings. The van der Waals surface area contributed by atoms with E-state index in [-0.39, 0.29) is 5.91 Å². The van der Waals surface area contributed by atoms with Gasteiger partial charge in [-0.2, -0.15) is 0 Å². The number of fused-ring (bicyclic) bond motifs is 1. The van der Waals surface area contributed by atoms with Crippen LogP contribution in [-0.2, 0) is 4.74 Å². The molecular weight excluding hydrogens is 360 g/mol. The highest BCUT2D eigenvalue weighted by atomic mass is 16.5. The molecule has 0 radical (unpaired) electrons. The van der Waals surface area contributed by atoms with Crippen molar-refractivity contribution >= 4 is 16.8 Å². The maximum atomic E-state index is 13.0. The van der Waals surface area contributed by atoms with Crippen LogP contribution in [0.15, 0.2) is 30.3 Å². The summed E-state index contributed by atoms with van der Waals surface area (Å²) in [7, 11) is 1.58. The number of aromatic nitrogens is 1. The molecule has 2 atom stereocenters. The largest absolute Gasteiger partial charge is 0.496 e. The normalized spacial score (nSPS) is 27.1. The summed E-state index contributed by atoms with van der Waals surface area (Å²) in [6.07, 6.45) is 0.380. The van der Waals surface area contributed by atoms with Crippen molar-refractivity contribution in [3.63, 3.8) is 0 Å². The number of aliphatic hydroxyl groups excluding tert-OH is 1. The molecule has 7 heteroatoms. The summed E-state index contributed by atoms with van der Waals surface area (Å²) in [5.74, 6) is 0.445. The van der Waals surface area contributed by atoms with Crippen LogP contribution >= 0.6 is 0 Å². The van der Waals surface area contributed by atoms with Crippen LogP contribution in [0.3, 0.4) is 0 Å². The van der Waals surface area contributed by atoms with Crippen LogP contribution in [-0.4, -0.2) is 70.1 Å². The summed E-state index contributed by atoms with van der Waals surface area (Å²) in [6, 6.07) is 9.22. The van der Waals surface area contributed by atoms with Gasteiger partial charge in [-0.25, -0.2) is 4.98 Å². The molecule has 2 aliphatic heterocycles. The number of carbonyl (C=O) groups excluding carboxylic acids is 1. The van der Waals surface area contributed by atoms with Crippen molar-refractivity contribution in [2.75, 3.05) is 26.8 Å². The second-order valence-electron chi connectivity index (χ2n) is 7.94. The zero-order valence-electron chi connectivity index (χ0n) is 16.2. The van der Waals surface area contributed by atoms with Gasteiger partial charge >= 0.3 is 0 Å². The molecule has 2 aromatic rings. The predicted molar refractivity (Wildman–Crippen MR) is 103 cm³/mol. The molecule has 2 N–H and O–H groups in total. The topological polar surface area (TPSA) is 92.1 Å². The van der Waals surface area contributed by atoms with Crippen LogP contribution in [0, 0.1) is 0 Å². The standard InChI is InChI=1S/C21H26N2O5/c1-20(26)9-12-28-21(19(20)25)7-10-23(11-8-21)18(24)16-13-17(27-2)14-5-3-4-6-15(14)22-16/h3-6,13,19,25-26H,7-12H2,1-2H3/t19-,20+/m0/s1. The van der Waals surface area contributed by atoms with E-state index in [1.807, 2.05) is 24.3 Å². The Balaban J connectivity index is 1.54. The summed E-state index contributed by atoms with van der Waals surface area (Å²) in [5.41, 5.74) is -0.922. The molecule has 0 bridgehead atoms. The summed E-state index contributed by atoms with van der Waals surface area (Å²) < 4.78 is 11.3. The number of para-hydroxylation sites is 1. The molecule has 2 saturated heterocycles. The lowest BCUT2D eigenvalue weighted by Crippen LogP contribution is -2.64. The highest BCUT2D eigenvalue weighted by Gasteiger charge is 2.53. The zero-order chi connectivity index (χ0) is 19.9. The van der Waals surface area contributed by atoms with E-state index in [1.165, 1.54) is 0 Å². The molecule has 0 aliphatic carbocycles. The first kappa shape index (κ1) is 19.1. The minimum Gasteiger partial charge on any atom is -0.496 e. The Morgan fingerprint density at radius 1 is 1.29 bits per heavy atom. The van der Waals surface area contributed by atoms with Crippen molar-refractivity contribution in [2.24, 2.45) is 0 Å². The van der Waals surface area contributed by atoms with Crippen molar-refractivity contribution in [2.45, 2.75) is 43.5 Å². The molecule has 1 amide bonds. The SMILES string of the molecule is COc1cc(C(=O)N2CCC3(CC2)OCC[C@@](C)(O)[C@@H]3O)nc2ccccc12. The number of hydrogen-bond donors (Lipinski definition) is 2. The first-order valence-corrected chi connectivity index (χ1v) is 9.64. The van der Waals surface area contributed by atoms with E-state index in [1.54, 1.807) is 25.0 Å². The number of benzene rings is 1. The van der Waals surface area contributed by atoms with E-state index in [9.17, 15) is 15.0 Å². The molecule has 2 aliphatic rings. The lowest BCUT2D eigenvalue weighted by Gasteiger charge is -2.51. The maximum Gasteiger partial charge on any atom is 0.272 e. The van der Waals surface area contributed by atoms with Gasteiger partial charge in [0.15, 0.2) is 0 Å². The third-order valence-corrected chi connectivity index (χ3v) is 6.10. The highest BCUT2D eigenvalue weighted by Crippen LogP contribution is 2.40. The Labute approximate surface area is 163 Å². The number of nitrogens with zero attached hydrogens (tertiary/aromatic N) is 2. The maximum absolute atomic E-state index is 13.0. The highest BCUT2D eigenvalue weighted by molar-refractivity contribution is 5.97. The van der Waals surface area contributed by atoms with E-state index in [2.05, 4.69) is 4.98 Å². The van der Waals surface area contributed by atoms with Gasteiger partial charge in [-0.3, -0.25) is 4.79 Å². The van der Waals surface area contributed by atoms with Gasteiger partial charge in [-0.15, -0.1) is 0 Å². The third-order valence-electron chi connectivity index (χ3n) is 6.10. The van der Waals surface area contributed by atoms with Crippen LogP contribution in [0.1, 0.15) is 36.7 Å². The number of carbonyl (C=O) groups is 1. The fourth-order valence-electron chi connectivity index (χ4n) is 4.33. The molecule has 7 nitrogen and oxygen atoms in total. The third kappa shape index (κ3) is 3.13. The number of aliphatic hydroxyl groups is 2. The first-order chi connectivity index (χ1) is 13.4. The van der Waals surface area contributed by atoms with Crippen LogP contribution in [0.4, 0.5) is 0 Å². The predicted octanol–water partition coefficient (Wildman–Crippen LogP) is 1.75. The lowest BCUT2D eigenvalue weighted by atomic mass is 9.75. The molecule has 1 aromatic carbocycles. The van der Waals surface area contributed by atoms with Crippen molar-refractivity contribution in [1.29, 1.82) is 0 Å². The summed E-state index contributed by atoms with van der Waals surface area (Å²) in [5, 5.41) is 21.9. The number of rotatable bonds is 2. The molecule has 1 aromatic heterocycles. The van der Waals surface area contributed by atoms with E-state index in [4.69, 9.17) is 9.47 Å². The average Bonchev–Trinajstić information content (AvgIpc) is 2.71. The molecule has 1 spiro atoms. The second kappa shape index (κ2) is 6.99. The Bertz CT molecular complexity index is 889. The number of piperidine rings is 1. The molecule has 0 unspecified atom stereocenters. The first-order valence-electron chi connectivity index (χ1n) is 9.64. The van der Waals surface area contributed by atoms with Crippen LogP contribution in [0.25, 0.3) is 10.9 Å². The van der Waals surface area contributed by atoms with Crippen molar-refractivity contribution in [3.05, 3.63) is 36.0 Å². The second-order valence-corrected chi connectivity index (χ2v) is 7.94. The lowest BCUT2D eigenvalue weighted by molar-refractivity contribution is -0.244. The van der Waals surface area contributed by atoms with Crippen molar-refractivity contribution in [1.82, 2.24) is 9.88 Å². The summed E-state index contributed by atoms with van der Waals surface area (Å²) >= 11 is 0. The monoisotopic (exact) mass is 386 g/mol. The average molecular weight is 386 g/mol. The zero-order valence-corrected chi connectivity index (χ0v) is 16.2. The van der Waals surface area contributed by atoms with Gasteiger partial charge in [0.05, 0.1) is 24.8 Å². The molecule has 0 saturated carbocycles. The fourth-order valence-corrected chi connectivity index (χ4v) is 4.33. The molecule has 3 heterocycles. The number of methoxy groups -OCH3 is 1.